The first-order valence-electron chi connectivity index (χ1n) is 5.53. The molecule has 1 unspecified atom stereocenters. The number of hydrogen-bond acceptors (Lipinski definition) is 3. The second kappa shape index (κ2) is 5.12. The molecule has 2 rings (SSSR count). The predicted octanol–water partition coefficient (Wildman–Crippen LogP) is 3.37. The zero-order valence-electron chi connectivity index (χ0n) is 10.1. The van der Waals surface area contributed by atoms with E-state index in [1.165, 1.54) is 6.07 Å². The Kier molecular flexibility index (Phi) is 3.73. The van der Waals surface area contributed by atoms with Gasteiger partial charge in [-0.15, -0.1) is 0 Å². The van der Waals surface area contributed by atoms with Crippen molar-refractivity contribution in [2.45, 2.75) is 19.9 Å². The Hall–Kier alpha value is -1.33. The van der Waals surface area contributed by atoms with Crippen molar-refractivity contribution in [3.05, 3.63) is 45.9 Å². The summed E-state index contributed by atoms with van der Waals surface area (Å²) in [4.78, 5) is 8.67. The number of benzene rings is 1. The summed E-state index contributed by atoms with van der Waals surface area (Å²) in [5.74, 6) is 0.264. The maximum atomic E-state index is 13.2. The second-order valence-corrected chi connectivity index (χ2v) is 5.01. The van der Waals surface area contributed by atoms with E-state index < -0.39 is 0 Å². The van der Waals surface area contributed by atoms with Crippen LogP contribution in [0.3, 0.4) is 0 Å². The zero-order valence-corrected chi connectivity index (χ0v) is 11.7. The minimum absolute atomic E-state index is 0.0981. The molecule has 2 N–H and O–H groups in total. The Labute approximate surface area is 113 Å². The second-order valence-electron chi connectivity index (χ2n) is 4.15. The molecule has 0 spiro atoms. The minimum atomic E-state index is -0.303. The maximum Gasteiger partial charge on any atom is 0.159 e. The molecule has 0 saturated carbocycles. The molecule has 1 atom stereocenters. The average molecular weight is 310 g/mol. The van der Waals surface area contributed by atoms with Crippen LogP contribution in [0.4, 0.5) is 4.39 Å². The molecular formula is C13H13BrFN3. The summed E-state index contributed by atoms with van der Waals surface area (Å²) in [5.41, 5.74) is 8.34. The number of hydrogen-bond donors (Lipinski definition) is 1. The van der Waals surface area contributed by atoms with Gasteiger partial charge in [0.05, 0.1) is 4.47 Å². The van der Waals surface area contributed by atoms with E-state index in [2.05, 4.69) is 25.9 Å². The number of nitrogens with zero attached hydrogens (tertiary/aromatic N) is 2. The van der Waals surface area contributed by atoms with Crippen molar-refractivity contribution in [1.29, 1.82) is 0 Å². The smallest absolute Gasteiger partial charge is 0.159 e. The van der Waals surface area contributed by atoms with Crippen molar-refractivity contribution in [3.63, 3.8) is 0 Å². The van der Waals surface area contributed by atoms with Gasteiger partial charge in [0.25, 0.3) is 0 Å². The van der Waals surface area contributed by atoms with Gasteiger partial charge >= 0.3 is 0 Å². The third-order valence-electron chi connectivity index (χ3n) is 2.69. The topological polar surface area (TPSA) is 51.8 Å². The van der Waals surface area contributed by atoms with Gasteiger partial charge < -0.3 is 5.73 Å². The zero-order chi connectivity index (χ0) is 13.3. The molecule has 0 radical (unpaired) electrons. The van der Waals surface area contributed by atoms with Crippen LogP contribution in [0.2, 0.25) is 0 Å². The van der Waals surface area contributed by atoms with Crippen LogP contribution in [0.1, 0.15) is 24.2 Å². The highest BCUT2D eigenvalue weighted by molar-refractivity contribution is 9.10. The SMILES string of the molecule is Cc1nc(-c2ccc(F)c(Br)c2)ncc1C(C)N. The fraction of sp³-hybridized carbons (Fsp3) is 0.231. The number of halogens is 2. The van der Waals surface area contributed by atoms with Crippen LogP contribution in [0.15, 0.2) is 28.9 Å². The van der Waals surface area contributed by atoms with Crippen molar-refractivity contribution >= 4 is 15.9 Å². The van der Waals surface area contributed by atoms with E-state index in [-0.39, 0.29) is 11.9 Å². The lowest BCUT2D eigenvalue weighted by molar-refractivity contribution is 0.621. The fourth-order valence-corrected chi connectivity index (χ4v) is 2.08. The first-order valence-corrected chi connectivity index (χ1v) is 6.33. The molecule has 18 heavy (non-hydrogen) atoms. The van der Waals surface area contributed by atoms with Crippen LogP contribution < -0.4 is 5.73 Å². The third-order valence-corrected chi connectivity index (χ3v) is 3.29. The first kappa shape index (κ1) is 13.1. The molecule has 0 aliphatic heterocycles. The summed E-state index contributed by atoms with van der Waals surface area (Å²) in [6.45, 7) is 3.78. The molecule has 1 aromatic heterocycles. The summed E-state index contributed by atoms with van der Waals surface area (Å²) in [5, 5.41) is 0. The highest BCUT2D eigenvalue weighted by Crippen LogP contribution is 2.24. The van der Waals surface area contributed by atoms with Gasteiger partial charge in [-0.3, -0.25) is 0 Å². The predicted molar refractivity (Wildman–Crippen MR) is 72.5 cm³/mol. The van der Waals surface area contributed by atoms with E-state index in [0.717, 1.165) is 16.8 Å². The van der Waals surface area contributed by atoms with E-state index in [4.69, 9.17) is 5.73 Å². The molecule has 0 aliphatic carbocycles. The molecule has 3 nitrogen and oxygen atoms in total. The molecule has 0 aliphatic rings. The summed E-state index contributed by atoms with van der Waals surface area (Å²) >= 11 is 3.15. The highest BCUT2D eigenvalue weighted by atomic mass is 79.9. The van der Waals surface area contributed by atoms with Gasteiger partial charge in [-0.05, 0) is 48.0 Å². The van der Waals surface area contributed by atoms with Crippen LogP contribution in [-0.2, 0) is 0 Å². The van der Waals surface area contributed by atoms with Gasteiger partial charge in [-0.1, -0.05) is 0 Å². The molecular weight excluding hydrogens is 297 g/mol. The number of aromatic nitrogens is 2. The number of nitrogens with two attached hydrogens (primary N) is 1. The Morgan fingerprint density at radius 2 is 2.11 bits per heavy atom. The minimum Gasteiger partial charge on any atom is -0.324 e. The molecule has 0 fully saturated rings. The Morgan fingerprint density at radius 1 is 1.39 bits per heavy atom. The van der Waals surface area contributed by atoms with Gasteiger partial charge in [0, 0.05) is 29.1 Å². The van der Waals surface area contributed by atoms with Crippen LogP contribution >= 0.6 is 15.9 Å². The average Bonchev–Trinajstić information content (AvgIpc) is 2.32. The molecule has 0 amide bonds. The molecule has 5 heteroatoms. The standard InChI is InChI=1S/C13H13BrFN3/c1-7(16)10-6-17-13(18-8(10)2)9-3-4-12(15)11(14)5-9/h3-7H,16H2,1-2H3. The summed E-state index contributed by atoms with van der Waals surface area (Å²) in [6, 6.07) is 4.60. The monoisotopic (exact) mass is 309 g/mol. The van der Waals surface area contributed by atoms with Gasteiger partial charge in [-0.25, -0.2) is 14.4 Å². The van der Waals surface area contributed by atoms with Gasteiger partial charge in [-0.2, -0.15) is 0 Å². The summed E-state index contributed by atoms with van der Waals surface area (Å²) in [7, 11) is 0. The van der Waals surface area contributed by atoms with Crippen LogP contribution in [-0.4, -0.2) is 9.97 Å². The maximum absolute atomic E-state index is 13.2. The fourth-order valence-electron chi connectivity index (χ4n) is 1.70. The van der Waals surface area contributed by atoms with Crippen molar-refractivity contribution < 1.29 is 4.39 Å². The first-order chi connectivity index (χ1) is 8.49. The van der Waals surface area contributed by atoms with Crippen molar-refractivity contribution in [3.8, 4) is 11.4 Å². The van der Waals surface area contributed by atoms with E-state index >= 15 is 0 Å². The van der Waals surface area contributed by atoms with E-state index in [0.29, 0.717) is 10.3 Å². The Balaban J connectivity index is 2.45. The van der Waals surface area contributed by atoms with Crippen LogP contribution in [0.25, 0.3) is 11.4 Å². The van der Waals surface area contributed by atoms with Gasteiger partial charge in [0.1, 0.15) is 5.82 Å². The lowest BCUT2D eigenvalue weighted by atomic mass is 10.1. The van der Waals surface area contributed by atoms with Crippen LogP contribution in [0.5, 0.6) is 0 Å². The molecule has 2 aromatic rings. The number of aryl methyl sites for hydroxylation is 1. The summed E-state index contributed by atoms with van der Waals surface area (Å²) < 4.78 is 13.6. The quantitative estimate of drug-likeness (QED) is 0.925. The van der Waals surface area contributed by atoms with Gasteiger partial charge in [0.15, 0.2) is 5.82 Å². The molecule has 1 aromatic carbocycles. The largest absolute Gasteiger partial charge is 0.324 e. The lowest BCUT2D eigenvalue weighted by Crippen LogP contribution is -2.09. The van der Waals surface area contributed by atoms with Gasteiger partial charge in [0.2, 0.25) is 0 Å². The number of rotatable bonds is 2. The molecule has 0 bridgehead atoms. The molecule has 94 valence electrons. The Morgan fingerprint density at radius 3 is 2.67 bits per heavy atom. The highest BCUT2D eigenvalue weighted by Gasteiger charge is 2.09. The third kappa shape index (κ3) is 2.57. The van der Waals surface area contributed by atoms with Crippen LogP contribution in [0, 0.1) is 12.7 Å². The normalized spacial score (nSPS) is 12.5. The lowest BCUT2D eigenvalue weighted by Gasteiger charge is -2.10. The van der Waals surface area contributed by atoms with Crippen molar-refractivity contribution in [1.82, 2.24) is 9.97 Å². The summed E-state index contributed by atoms with van der Waals surface area (Å²) in [6.07, 6.45) is 1.72. The van der Waals surface area contributed by atoms with Crippen molar-refractivity contribution in [2.75, 3.05) is 0 Å². The van der Waals surface area contributed by atoms with E-state index in [1.54, 1.807) is 18.3 Å². The Bertz CT molecular complexity index is 584. The molecule has 1 heterocycles. The molecule has 0 saturated heterocycles. The van der Waals surface area contributed by atoms with E-state index in [9.17, 15) is 4.39 Å². The van der Waals surface area contributed by atoms with E-state index in [1.807, 2.05) is 13.8 Å². The van der Waals surface area contributed by atoms with Crippen molar-refractivity contribution in [2.24, 2.45) is 5.73 Å².